The fourth-order valence-electron chi connectivity index (χ4n) is 2.53. The SMILES string of the molecule is NCCNC(=O)C1CCCN(C(=O)Cc2ccccn2)C1. The topological polar surface area (TPSA) is 88.3 Å². The van der Waals surface area contributed by atoms with Crippen LogP contribution >= 0.6 is 0 Å². The molecule has 1 fully saturated rings. The second kappa shape index (κ2) is 7.73. The minimum Gasteiger partial charge on any atom is -0.355 e. The number of likely N-dealkylation sites (tertiary alicyclic amines) is 1. The van der Waals surface area contributed by atoms with Crippen molar-refractivity contribution >= 4 is 11.8 Å². The van der Waals surface area contributed by atoms with Crippen molar-refractivity contribution in [3.05, 3.63) is 30.1 Å². The molecule has 114 valence electrons. The molecule has 0 spiro atoms. The molecule has 1 aliphatic heterocycles. The van der Waals surface area contributed by atoms with Crippen molar-refractivity contribution in [3.63, 3.8) is 0 Å². The average molecular weight is 290 g/mol. The third-order valence-electron chi connectivity index (χ3n) is 3.65. The van der Waals surface area contributed by atoms with E-state index in [2.05, 4.69) is 10.3 Å². The highest BCUT2D eigenvalue weighted by molar-refractivity contribution is 5.82. The van der Waals surface area contributed by atoms with Crippen LogP contribution in [0, 0.1) is 5.92 Å². The predicted molar refractivity (Wildman–Crippen MR) is 79.3 cm³/mol. The lowest BCUT2D eigenvalue weighted by Crippen LogP contribution is -2.46. The number of amides is 2. The molecule has 0 radical (unpaired) electrons. The quantitative estimate of drug-likeness (QED) is 0.795. The van der Waals surface area contributed by atoms with Crippen LogP contribution in [0.1, 0.15) is 18.5 Å². The molecule has 1 aromatic rings. The molecule has 1 aromatic heterocycles. The molecule has 6 heteroatoms. The highest BCUT2D eigenvalue weighted by Gasteiger charge is 2.28. The van der Waals surface area contributed by atoms with E-state index >= 15 is 0 Å². The van der Waals surface area contributed by atoms with Gasteiger partial charge < -0.3 is 16.0 Å². The van der Waals surface area contributed by atoms with Crippen LogP contribution < -0.4 is 11.1 Å². The number of carbonyl (C=O) groups excluding carboxylic acids is 2. The molecule has 0 bridgehead atoms. The maximum atomic E-state index is 12.3. The van der Waals surface area contributed by atoms with Crippen LogP contribution in [0.2, 0.25) is 0 Å². The van der Waals surface area contributed by atoms with E-state index in [0.717, 1.165) is 18.5 Å². The largest absolute Gasteiger partial charge is 0.355 e. The number of aromatic nitrogens is 1. The Morgan fingerprint density at radius 3 is 3.00 bits per heavy atom. The molecule has 1 aliphatic rings. The van der Waals surface area contributed by atoms with Gasteiger partial charge in [0, 0.05) is 38.1 Å². The Morgan fingerprint density at radius 2 is 2.29 bits per heavy atom. The molecule has 3 N–H and O–H groups in total. The van der Waals surface area contributed by atoms with Gasteiger partial charge in [-0.05, 0) is 25.0 Å². The smallest absolute Gasteiger partial charge is 0.228 e. The van der Waals surface area contributed by atoms with Crippen molar-refractivity contribution in [3.8, 4) is 0 Å². The molecule has 2 heterocycles. The molecule has 1 unspecified atom stereocenters. The number of hydrogen-bond donors (Lipinski definition) is 2. The summed E-state index contributed by atoms with van der Waals surface area (Å²) in [6.07, 6.45) is 3.65. The summed E-state index contributed by atoms with van der Waals surface area (Å²) in [6, 6.07) is 5.54. The maximum absolute atomic E-state index is 12.3. The van der Waals surface area contributed by atoms with Gasteiger partial charge in [0.1, 0.15) is 0 Å². The van der Waals surface area contributed by atoms with E-state index in [1.807, 2.05) is 18.2 Å². The summed E-state index contributed by atoms with van der Waals surface area (Å²) in [6.45, 7) is 2.12. The summed E-state index contributed by atoms with van der Waals surface area (Å²) < 4.78 is 0. The lowest BCUT2D eigenvalue weighted by Gasteiger charge is -2.32. The normalized spacial score (nSPS) is 18.3. The van der Waals surface area contributed by atoms with Crippen LogP contribution in [0.15, 0.2) is 24.4 Å². The molecule has 1 saturated heterocycles. The number of rotatable bonds is 5. The van der Waals surface area contributed by atoms with Gasteiger partial charge in [-0.1, -0.05) is 6.07 Å². The Balaban J connectivity index is 1.88. The van der Waals surface area contributed by atoms with Crippen LogP contribution in [-0.4, -0.2) is 47.9 Å². The van der Waals surface area contributed by atoms with E-state index in [0.29, 0.717) is 26.2 Å². The van der Waals surface area contributed by atoms with Crippen molar-refractivity contribution in [2.24, 2.45) is 11.7 Å². The standard InChI is InChI=1S/C15H22N4O2/c16-6-8-18-15(21)12-4-3-9-19(11-12)14(20)10-13-5-1-2-7-17-13/h1-2,5,7,12H,3-4,6,8-11,16H2,(H,18,21). The molecular weight excluding hydrogens is 268 g/mol. The molecule has 0 saturated carbocycles. The molecule has 6 nitrogen and oxygen atoms in total. The lowest BCUT2D eigenvalue weighted by molar-refractivity contribution is -0.135. The number of piperidine rings is 1. The first-order valence-electron chi connectivity index (χ1n) is 7.36. The summed E-state index contributed by atoms with van der Waals surface area (Å²) >= 11 is 0. The zero-order valence-corrected chi connectivity index (χ0v) is 12.1. The minimum atomic E-state index is -0.127. The fourth-order valence-corrected chi connectivity index (χ4v) is 2.53. The Hall–Kier alpha value is -1.95. The zero-order valence-electron chi connectivity index (χ0n) is 12.1. The van der Waals surface area contributed by atoms with Crippen LogP contribution in [0.3, 0.4) is 0 Å². The molecule has 1 atom stereocenters. The van der Waals surface area contributed by atoms with Crippen molar-refractivity contribution < 1.29 is 9.59 Å². The van der Waals surface area contributed by atoms with Gasteiger partial charge in [-0.3, -0.25) is 14.6 Å². The van der Waals surface area contributed by atoms with Gasteiger partial charge in [0.05, 0.1) is 12.3 Å². The van der Waals surface area contributed by atoms with Crippen LogP contribution in [0.4, 0.5) is 0 Å². The lowest BCUT2D eigenvalue weighted by atomic mass is 9.96. The van der Waals surface area contributed by atoms with E-state index in [4.69, 9.17) is 5.73 Å². The predicted octanol–water partition coefficient (Wildman–Crippen LogP) is -0.0624. The number of nitrogens with two attached hydrogens (primary N) is 1. The van der Waals surface area contributed by atoms with Crippen LogP contribution in [0.25, 0.3) is 0 Å². The second-order valence-corrected chi connectivity index (χ2v) is 5.26. The number of pyridine rings is 1. The van der Waals surface area contributed by atoms with E-state index < -0.39 is 0 Å². The number of nitrogens with one attached hydrogen (secondary N) is 1. The summed E-state index contributed by atoms with van der Waals surface area (Å²) in [5, 5.41) is 2.80. The van der Waals surface area contributed by atoms with Gasteiger partial charge in [0.2, 0.25) is 11.8 Å². The molecule has 0 aliphatic carbocycles. The first kappa shape index (κ1) is 15.4. The third-order valence-corrected chi connectivity index (χ3v) is 3.65. The van der Waals surface area contributed by atoms with Gasteiger partial charge in [0.15, 0.2) is 0 Å². The maximum Gasteiger partial charge on any atom is 0.228 e. The number of carbonyl (C=O) groups is 2. The van der Waals surface area contributed by atoms with Gasteiger partial charge >= 0.3 is 0 Å². The number of nitrogens with zero attached hydrogens (tertiary/aromatic N) is 2. The van der Waals surface area contributed by atoms with Gasteiger partial charge in [-0.2, -0.15) is 0 Å². The van der Waals surface area contributed by atoms with Crippen LogP contribution in [-0.2, 0) is 16.0 Å². The van der Waals surface area contributed by atoms with Gasteiger partial charge in [-0.15, -0.1) is 0 Å². The molecular formula is C15H22N4O2. The zero-order chi connectivity index (χ0) is 15.1. The fraction of sp³-hybridized carbons (Fsp3) is 0.533. The highest BCUT2D eigenvalue weighted by Crippen LogP contribution is 2.17. The summed E-state index contributed by atoms with van der Waals surface area (Å²) in [4.78, 5) is 30.2. The summed E-state index contributed by atoms with van der Waals surface area (Å²) in [5.41, 5.74) is 6.14. The van der Waals surface area contributed by atoms with Gasteiger partial charge in [0.25, 0.3) is 0 Å². The molecule has 2 rings (SSSR count). The van der Waals surface area contributed by atoms with Gasteiger partial charge in [-0.25, -0.2) is 0 Å². The molecule has 21 heavy (non-hydrogen) atoms. The Morgan fingerprint density at radius 1 is 1.43 bits per heavy atom. The third kappa shape index (κ3) is 4.53. The average Bonchev–Trinajstić information content (AvgIpc) is 2.53. The first-order valence-corrected chi connectivity index (χ1v) is 7.36. The summed E-state index contributed by atoms with van der Waals surface area (Å²) in [5.74, 6) is -0.0983. The van der Waals surface area contributed by atoms with Crippen molar-refractivity contribution in [1.29, 1.82) is 0 Å². The molecule has 0 aromatic carbocycles. The Kier molecular flexibility index (Phi) is 5.68. The minimum absolute atomic E-state index is 0.00390. The van der Waals surface area contributed by atoms with Crippen molar-refractivity contribution in [1.82, 2.24) is 15.2 Å². The summed E-state index contributed by atoms with van der Waals surface area (Å²) in [7, 11) is 0. The van der Waals surface area contributed by atoms with E-state index in [1.165, 1.54) is 0 Å². The Bertz CT molecular complexity index is 478. The first-order chi connectivity index (χ1) is 10.2. The van der Waals surface area contributed by atoms with E-state index in [9.17, 15) is 9.59 Å². The second-order valence-electron chi connectivity index (χ2n) is 5.26. The van der Waals surface area contributed by atoms with Crippen molar-refractivity contribution in [2.45, 2.75) is 19.3 Å². The number of hydrogen-bond acceptors (Lipinski definition) is 4. The highest BCUT2D eigenvalue weighted by atomic mass is 16.2. The van der Waals surface area contributed by atoms with Crippen molar-refractivity contribution in [2.75, 3.05) is 26.2 Å². The van der Waals surface area contributed by atoms with E-state index in [-0.39, 0.29) is 24.2 Å². The van der Waals surface area contributed by atoms with Crippen LogP contribution in [0.5, 0.6) is 0 Å². The molecule has 2 amide bonds. The Labute approximate surface area is 124 Å². The van der Waals surface area contributed by atoms with E-state index in [1.54, 1.807) is 11.1 Å². The monoisotopic (exact) mass is 290 g/mol.